The van der Waals surface area contributed by atoms with Crippen LogP contribution >= 0.6 is 0 Å². The molecular weight excluding hydrogens is 319 g/mol. The van der Waals surface area contributed by atoms with Crippen molar-refractivity contribution >= 4 is 15.9 Å². The molecule has 0 spiro atoms. The van der Waals surface area contributed by atoms with Gasteiger partial charge in [0.15, 0.2) is 0 Å². The van der Waals surface area contributed by atoms with E-state index in [4.69, 9.17) is 0 Å². The first-order chi connectivity index (χ1) is 11.0. The van der Waals surface area contributed by atoms with Crippen molar-refractivity contribution in [2.75, 3.05) is 6.54 Å². The second kappa shape index (κ2) is 6.57. The highest BCUT2D eigenvalue weighted by Gasteiger charge is 2.40. The molecule has 126 valence electrons. The Morgan fingerprint density at radius 3 is 2.39 bits per heavy atom. The van der Waals surface area contributed by atoms with Crippen LogP contribution in [0.3, 0.4) is 0 Å². The Balaban J connectivity index is 1.77. The Kier molecular flexibility index (Phi) is 4.68. The lowest BCUT2D eigenvalue weighted by Gasteiger charge is -2.24. The average Bonchev–Trinajstić information content (AvgIpc) is 3.19. The van der Waals surface area contributed by atoms with Crippen molar-refractivity contribution in [3.05, 3.63) is 30.1 Å². The SMILES string of the molecule is O=C(NC1CCCC1)[C@@H]1CCCN1S(=O)(=O)c1ccc(F)cc1. The van der Waals surface area contributed by atoms with E-state index in [0.717, 1.165) is 37.8 Å². The van der Waals surface area contributed by atoms with Gasteiger partial charge in [0.25, 0.3) is 0 Å². The molecule has 5 nitrogen and oxygen atoms in total. The number of halogens is 1. The molecule has 23 heavy (non-hydrogen) atoms. The number of nitrogens with one attached hydrogen (secondary N) is 1. The number of carbonyl (C=O) groups excluding carboxylic acids is 1. The molecular formula is C16H21FN2O3S. The smallest absolute Gasteiger partial charge is 0.243 e. The van der Waals surface area contributed by atoms with Crippen molar-refractivity contribution in [1.29, 1.82) is 0 Å². The fourth-order valence-corrected chi connectivity index (χ4v) is 5.06. The van der Waals surface area contributed by atoms with Crippen molar-refractivity contribution in [2.24, 2.45) is 0 Å². The molecule has 1 atom stereocenters. The standard InChI is InChI=1S/C16H21FN2O3S/c17-12-7-9-14(10-8-12)23(21,22)19-11-3-6-15(19)16(20)18-13-4-1-2-5-13/h7-10,13,15H,1-6,11H2,(H,18,20)/t15-/m0/s1. The van der Waals surface area contributed by atoms with E-state index in [1.165, 1.54) is 16.4 Å². The van der Waals surface area contributed by atoms with E-state index in [2.05, 4.69) is 5.32 Å². The fourth-order valence-electron chi connectivity index (χ4n) is 3.40. The minimum atomic E-state index is -3.78. The first-order valence-electron chi connectivity index (χ1n) is 8.06. The first kappa shape index (κ1) is 16.4. The summed E-state index contributed by atoms with van der Waals surface area (Å²) in [6.45, 7) is 0.322. The van der Waals surface area contributed by atoms with E-state index < -0.39 is 21.9 Å². The summed E-state index contributed by atoms with van der Waals surface area (Å²) in [5.74, 6) is -0.694. The summed E-state index contributed by atoms with van der Waals surface area (Å²) in [5.41, 5.74) is 0. The molecule has 1 aromatic carbocycles. The normalized spacial score (nSPS) is 23.3. The van der Waals surface area contributed by atoms with Crippen molar-refractivity contribution in [3.8, 4) is 0 Å². The zero-order valence-electron chi connectivity index (χ0n) is 12.9. The van der Waals surface area contributed by atoms with E-state index in [1.807, 2.05) is 0 Å². The van der Waals surface area contributed by atoms with Crippen LogP contribution < -0.4 is 5.32 Å². The van der Waals surface area contributed by atoms with Crippen molar-refractivity contribution < 1.29 is 17.6 Å². The summed E-state index contributed by atoms with van der Waals surface area (Å²) in [6, 6.07) is 4.24. The highest BCUT2D eigenvalue weighted by atomic mass is 32.2. The van der Waals surface area contributed by atoms with Crippen LogP contribution in [0.1, 0.15) is 38.5 Å². The van der Waals surface area contributed by atoms with Crippen LogP contribution in [0.25, 0.3) is 0 Å². The molecule has 3 rings (SSSR count). The van der Waals surface area contributed by atoms with Crippen LogP contribution in [-0.2, 0) is 14.8 Å². The molecule has 7 heteroatoms. The molecule has 1 heterocycles. The van der Waals surface area contributed by atoms with Gasteiger partial charge in [0.05, 0.1) is 4.90 Å². The van der Waals surface area contributed by atoms with Gasteiger partial charge in [-0.2, -0.15) is 4.31 Å². The maximum Gasteiger partial charge on any atom is 0.243 e. The summed E-state index contributed by atoms with van der Waals surface area (Å²) in [4.78, 5) is 12.5. The topological polar surface area (TPSA) is 66.5 Å². The maximum absolute atomic E-state index is 13.0. The summed E-state index contributed by atoms with van der Waals surface area (Å²) < 4.78 is 39.7. The lowest BCUT2D eigenvalue weighted by Crippen LogP contribution is -2.48. The molecule has 1 amide bonds. The third kappa shape index (κ3) is 3.40. The van der Waals surface area contributed by atoms with Gasteiger partial charge in [-0.15, -0.1) is 0 Å². The molecule has 0 unspecified atom stereocenters. The van der Waals surface area contributed by atoms with Crippen LogP contribution in [0.5, 0.6) is 0 Å². The minimum Gasteiger partial charge on any atom is -0.352 e. The largest absolute Gasteiger partial charge is 0.352 e. The van der Waals surface area contributed by atoms with Gasteiger partial charge < -0.3 is 5.32 Å². The average molecular weight is 340 g/mol. The van der Waals surface area contributed by atoms with Gasteiger partial charge in [-0.1, -0.05) is 12.8 Å². The van der Waals surface area contributed by atoms with Crippen LogP contribution in [0, 0.1) is 5.82 Å². The summed E-state index contributed by atoms with van der Waals surface area (Å²) in [5, 5.41) is 2.98. The zero-order valence-corrected chi connectivity index (χ0v) is 13.7. The predicted molar refractivity (Wildman–Crippen MR) is 83.7 cm³/mol. The second-order valence-corrected chi connectivity index (χ2v) is 8.11. The Bertz CT molecular complexity index is 669. The molecule has 0 aromatic heterocycles. The third-order valence-electron chi connectivity index (χ3n) is 4.63. The maximum atomic E-state index is 13.0. The van der Waals surface area contributed by atoms with Gasteiger partial charge >= 0.3 is 0 Å². The Morgan fingerprint density at radius 2 is 1.74 bits per heavy atom. The van der Waals surface area contributed by atoms with E-state index in [-0.39, 0.29) is 16.8 Å². The molecule has 2 aliphatic rings. The lowest BCUT2D eigenvalue weighted by atomic mass is 10.2. The lowest BCUT2D eigenvalue weighted by molar-refractivity contribution is -0.124. The zero-order chi connectivity index (χ0) is 16.4. The number of amides is 1. The van der Waals surface area contributed by atoms with Crippen LogP contribution in [-0.4, -0.2) is 37.3 Å². The van der Waals surface area contributed by atoms with Gasteiger partial charge in [-0.3, -0.25) is 4.79 Å². The van der Waals surface area contributed by atoms with Crippen molar-refractivity contribution in [3.63, 3.8) is 0 Å². The van der Waals surface area contributed by atoms with Crippen LogP contribution in [0.2, 0.25) is 0 Å². The van der Waals surface area contributed by atoms with Gasteiger partial charge in [0.1, 0.15) is 11.9 Å². The van der Waals surface area contributed by atoms with Crippen molar-refractivity contribution in [1.82, 2.24) is 9.62 Å². The number of benzene rings is 1. The first-order valence-corrected chi connectivity index (χ1v) is 9.50. The van der Waals surface area contributed by atoms with E-state index in [9.17, 15) is 17.6 Å². The van der Waals surface area contributed by atoms with Gasteiger partial charge in [-0.25, -0.2) is 12.8 Å². The van der Waals surface area contributed by atoms with E-state index in [1.54, 1.807) is 0 Å². The molecule has 1 N–H and O–H groups in total. The van der Waals surface area contributed by atoms with Gasteiger partial charge in [-0.05, 0) is 49.9 Å². The van der Waals surface area contributed by atoms with Gasteiger partial charge in [0.2, 0.25) is 15.9 Å². The highest BCUT2D eigenvalue weighted by Crippen LogP contribution is 2.27. The minimum absolute atomic E-state index is 0.0273. The van der Waals surface area contributed by atoms with Crippen LogP contribution in [0.4, 0.5) is 4.39 Å². The second-order valence-electron chi connectivity index (χ2n) is 6.22. The molecule has 1 aliphatic heterocycles. The van der Waals surface area contributed by atoms with E-state index in [0.29, 0.717) is 19.4 Å². The molecule has 1 saturated heterocycles. The Morgan fingerprint density at radius 1 is 1.09 bits per heavy atom. The quantitative estimate of drug-likeness (QED) is 0.912. The fraction of sp³-hybridized carbons (Fsp3) is 0.562. The molecule has 1 aromatic rings. The third-order valence-corrected chi connectivity index (χ3v) is 6.55. The number of hydrogen-bond donors (Lipinski definition) is 1. The van der Waals surface area contributed by atoms with E-state index >= 15 is 0 Å². The van der Waals surface area contributed by atoms with Gasteiger partial charge in [0, 0.05) is 12.6 Å². The Hall–Kier alpha value is -1.47. The molecule has 0 bridgehead atoms. The van der Waals surface area contributed by atoms with Crippen LogP contribution in [0.15, 0.2) is 29.2 Å². The molecule has 2 fully saturated rings. The summed E-state index contributed by atoms with van der Waals surface area (Å²) >= 11 is 0. The molecule has 0 radical (unpaired) electrons. The predicted octanol–water partition coefficient (Wildman–Crippen LogP) is 2.04. The Labute approximate surface area is 135 Å². The number of hydrogen-bond acceptors (Lipinski definition) is 3. The number of nitrogens with zero attached hydrogens (tertiary/aromatic N) is 1. The summed E-state index contributed by atoms with van der Waals surface area (Å²) in [6.07, 6.45) is 5.31. The van der Waals surface area contributed by atoms with Crippen molar-refractivity contribution in [2.45, 2.75) is 55.5 Å². The summed E-state index contributed by atoms with van der Waals surface area (Å²) in [7, 11) is -3.78. The number of sulfonamides is 1. The molecule has 1 saturated carbocycles. The molecule has 1 aliphatic carbocycles. The number of carbonyl (C=O) groups is 1. The highest BCUT2D eigenvalue weighted by molar-refractivity contribution is 7.89. The monoisotopic (exact) mass is 340 g/mol. The number of rotatable bonds is 4.